The minimum Gasteiger partial charge on any atom is -0.467 e. The van der Waals surface area contributed by atoms with E-state index < -0.39 is 12.1 Å². The van der Waals surface area contributed by atoms with Crippen LogP contribution in [0, 0.1) is 21.7 Å². The quantitative estimate of drug-likeness (QED) is 0.777. The number of carbonyl (C=O) groups excluding carboxylic acids is 2. The zero-order chi connectivity index (χ0) is 18.8. The lowest BCUT2D eigenvalue weighted by Gasteiger charge is -2.72. The molecule has 0 radical (unpaired) electrons. The van der Waals surface area contributed by atoms with E-state index in [9.17, 15) is 9.59 Å². The van der Waals surface area contributed by atoms with E-state index in [0.29, 0.717) is 18.4 Å². The van der Waals surface area contributed by atoms with Gasteiger partial charge in [0.15, 0.2) is 0 Å². The number of nitrogens with zero attached hydrogens (tertiary/aromatic N) is 1. The van der Waals surface area contributed by atoms with Gasteiger partial charge in [-0.2, -0.15) is 0 Å². The largest absolute Gasteiger partial charge is 0.467 e. The van der Waals surface area contributed by atoms with Crippen LogP contribution in [0.15, 0.2) is 0 Å². The number of ether oxygens (including phenoxy) is 1. The molecule has 3 rings (SSSR count). The van der Waals surface area contributed by atoms with E-state index in [1.165, 1.54) is 26.4 Å². The lowest BCUT2D eigenvalue weighted by molar-refractivity contribution is -0.231. The molecule has 2 N–H and O–H groups in total. The van der Waals surface area contributed by atoms with Gasteiger partial charge in [0.1, 0.15) is 6.04 Å². The molecule has 25 heavy (non-hydrogen) atoms. The molecule has 5 nitrogen and oxygen atoms in total. The Balaban J connectivity index is 1.88. The maximum Gasteiger partial charge on any atom is 0.328 e. The van der Waals surface area contributed by atoms with Crippen molar-refractivity contribution in [2.75, 3.05) is 13.7 Å². The molecule has 1 amide bonds. The maximum absolute atomic E-state index is 13.1. The molecule has 0 aromatic rings. The topological polar surface area (TPSA) is 72.6 Å². The van der Waals surface area contributed by atoms with Crippen molar-refractivity contribution in [1.82, 2.24) is 4.90 Å². The molecule has 0 bridgehead atoms. The Bertz CT molecular complexity index is 588. The molecule has 0 aromatic carbocycles. The number of esters is 1. The Kier molecular flexibility index (Phi) is 4.07. The fourth-order valence-electron chi connectivity index (χ4n) is 5.64. The van der Waals surface area contributed by atoms with Crippen LogP contribution in [0.4, 0.5) is 0 Å². The Hall–Kier alpha value is -1.10. The summed E-state index contributed by atoms with van der Waals surface area (Å²) < 4.78 is 5.03. The first-order chi connectivity index (χ1) is 11.4. The molecule has 142 valence electrons. The number of rotatable bonds is 2. The monoisotopic (exact) mass is 350 g/mol. The summed E-state index contributed by atoms with van der Waals surface area (Å²) in [5.74, 6) is -0.429. The molecule has 2 spiro atoms. The van der Waals surface area contributed by atoms with Crippen LogP contribution in [0.5, 0.6) is 0 Å². The number of hydrogen-bond donors (Lipinski definition) is 1. The van der Waals surface area contributed by atoms with Crippen LogP contribution in [-0.2, 0) is 14.3 Å². The van der Waals surface area contributed by atoms with E-state index in [2.05, 4.69) is 13.8 Å². The molecular weight excluding hydrogens is 316 g/mol. The number of amides is 1. The average molecular weight is 351 g/mol. The number of methoxy groups -OCH3 is 1. The van der Waals surface area contributed by atoms with Crippen LogP contribution in [-0.4, -0.2) is 42.5 Å². The summed E-state index contributed by atoms with van der Waals surface area (Å²) in [6.45, 7) is 11.2. The van der Waals surface area contributed by atoms with Crippen LogP contribution < -0.4 is 5.73 Å². The summed E-state index contributed by atoms with van der Waals surface area (Å²) in [5.41, 5.74) is 6.48. The SMILES string of the molecule is COC(=O)[C@@H]1C[C@]2(CN1C(=O)[C@@H](N)C(C)(C)C)CC1(CCC1)C2(C)C. The van der Waals surface area contributed by atoms with Gasteiger partial charge in [0.05, 0.1) is 13.2 Å². The highest BCUT2D eigenvalue weighted by atomic mass is 16.5. The average Bonchev–Trinajstić information content (AvgIpc) is 2.90. The van der Waals surface area contributed by atoms with Gasteiger partial charge < -0.3 is 15.4 Å². The summed E-state index contributed by atoms with van der Waals surface area (Å²) in [6.07, 6.45) is 5.68. The summed E-state index contributed by atoms with van der Waals surface area (Å²) in [4.78, 5) is 27.3. The minimum absolute atomic E-state index is 0.0134. The number of nitrogens with two attached hydrogens (primary N) is 1. The predicted octanol–water partition coefficient (Wildman–Crippen LogP) is 2.72. The third kappa shape index (κ3) is 2.37. The Labute approximate surface area is 151 Å². The molecule has 1 saturated heterocycles. The minimum atomic E-state index is -0.615. The van der Waals surface area contributed by atoms with E-state index in [1.54, 1.807) is 4.90 Å². The molecule has 3 atom stereocenters. The highest BCUT2D eigenvalue weighted by Gasteiger charge is 2.73. The van der Waals surface area contributed by atoms with Crippen molar-refractivity contribution < 1.29 is 14.3 Å². The van der Waals surface area contributed by atoms with Gasteiger partial charge in [-0.25, -0.2) is 4.79 Å². The molecule has 5 heteroatoms. The first-order valence-corrected chi connectivity index (χ1v) is 9.55. The third-order valence-corrected chi connectivity index (χ3v) is 8.03. The molecule has 0 aromatic heterocycles. The van der Waals surface area contributed by atoms with Gasteiger partial charge in [0.2, 0.25) is 5.91 Å². The highest BCUT2D eigenvalue weighted by molar-refractivity contribution is 5.89. The van der Waals surface area contributed by atoms with Crippen molar-refractivity contribution in [3.05, 3.63) is 0 Å². The lowest BCUT2D eigenvalue weighted by atomic mass is 9.32. The highest BCUT2D eigenvalue weighted by Crippen LogP contribution is 2.77. The molecule has 0 unspecified atom stereocenters. The summed E-state index contributed by atoms with van der Waals surface area (Å²) in [5, 5.41) is 0. The molecular formula is C20H34N2O3. The van der Waals surface area contributed by atoms with Crippen LogP contribution in [0.1, 0.15) is 66.7 Å². The van der Waals surface area contributed by atoms with Crippen molar-refractivity contribution in [3.63, 3.8) is 0 Å². The van der Waals surface area contributed by atoms with Gasteiger partial charge in [0.25, 0.3) is 0 Å². The van der Waals surface area contributed by atoms with E-state index >= 15 is 0 Å². The van der Waals surface area contributed by atoms with Gasteiger partial charge in [-0.05, 0) is 47.3 Å². The zero-order valence-electron chi connectivity index (χ0n) is 16.6. The second-order valence-electron chi connectivity index (χ2n) is 10.3. The Morgan fingerprint density at radius 1 is 1.20 bits per heavy atom. The van der Waals surface area contributed by atoms with Crippen molar-refractivity contribution >= 4 is 11.9 Å². The fourth-order valence-corrected chi connectivity index (χ4v) is 5.64. The van der Waals surface area contributed by atoms with Crippen LogP contribution >= 0.6 is 0 Å². The second kappa shape index (κ2) is 5.45. The molecule has 1 heterocycles. The summed E-state index contributed by atoms with van der Waals surface area (Å²) in [6, 6.07) is -1.11. The maximum atomic E-state index is 13.1. The van der Waals surface area contributed by atoms with Crippen molar-refractivity contribution in [3.8, 4) is 0 Å². The number of likely N-dealkylation sites (tertiary alicyclic amines) is 1. The van der Waals surface area contributed by atoms with Gasteiger partial charge in [0, 0.05) is 6.54 Å². The first kappa shape index (κ1) is 18.7. The summed E-state index contributed by atoms with van der Waals surface area (Å²) in [7, 11) is 1.40. The molecule has 3 fully saturated rings. The normalized spacial score (nSPS) is 33.7. The standard InChI is InChI=1S/C20H34N2O3/c1-17(2,3)14(21)15(23)22-12-20(10-13(22)16(24)25-6)11-19(8-7-9-19)18(20,4)5/h13-14H,7-12,21H2,1-6H3/t13-,14+,20+/m0/s1. The van der Waals surface area contributed by atoms with Gasteiger partial charge in [-0.15, -0.1) is 0 Å². The van der Waals surface area contributed by atoms with E-state index in [1.807, 2.05) is 20.8 Å². The van der Waals surface area contributed by atoms with E-state index in [4.69, 9.17) is 10.5 Å². The number of hydrogen-bond acceptors (Lipinski definition) is 4. The lowest BCUT2D eigenvalue weighted by Crippen LogP contribution is -2.66. The Morgan fingerprint density at radius 2 is 1.80 bits per heavy atom. The van der Waals surface area contributed by atoms with Crippen LogP contribution in [0.3, 0.4) is 0 Å². The fraction of sp³-hybridized carbons (Fsp3) is 0.900. The first-order valence-electron chi connectivity index (χ1n) is 9.55. The van der Waals surface area contributed by atoms with Gasteiger partial charge in [-0.1, -0.05) is 41.0 Å². The number of carbonyl (C=O) groups is 2. The van der Waals surface area contributed by atoms with Crippen LogP contribution in [0.2, 0.25) is 0 Å². The van der Waals surface area contributed by atoms with Crippen LogP contribution in [0.25, 0.3) is 0 Å². The summed E-state index contributed by atoms with van der Waals surface area (Å²) >= 11 is 0. The second-order valence-corrected chi connectivity index (χ2v) is 10.3. The molecule has 3 aliphatic rings. The predicted molar refractivity (Wildman–Crippen MR) is 96.7 cm³/mol. The van der Waals surface area contributed by atoms with Crippen molar-refractivity contribution in [2.24, 2.45) is 27.4 Å². The molecule has 1 aliphatic heterocycles. The van der Waals surface area contributed by atoms with E-state index in [-0.39, 0.29) is 28.1 Å². The Morgan fingerprint density at radius 3 is 2.20 bits per heavy atom. The smallest absolute Gasteiger partial charge is 0.328 e. The van der Waals surface area contributed by atoms with Crippen molar-refractivity contribution in [2.45, 2.75) is 78.8 Å². The van der Waals surface area contributed by atoms with Gasteiger partial charge >= 0.3 is 5.97 Å². The zero-order valence-corrected chi connectivity index (χ0v) is 16.6. The van der Waals surface area contributed by atoms with Gasteiger partial charge in [-0.3, -0.25) is 4.79 Å². The van der Waals surface area contributed by atoms with E-state index in [0.717, 1.165) is 6.42 Å². The molecule has 2 aliphatic carbocycles. The molecule has 2 saturated carbocycles. The third-order valence-electron chi connectivity index (χ3n) is 8.03. The van der Waals surface area contributed by atoms with Crippen molar-refractivity contribution in [1.29, 1.82) is 0 Å².